The number of thiazole rings is 1. The maximum atomic E-state index is 13.2. The molecule has 0 spiro atoms. The lowest BCUT2D eigenvalue weighted by Gasteiger charge is -2.31. The van der Waals surface area contributed by atoms with E-state index >= 15 is 0 Å². The number of imidazole rings is 1. The lowest BCUT2D eigenvalue weighted by Crippen LogP contribution is -2.39. The van der Waals surface area contributed by atoms with Crippen LogP contribution in [0.5, 0.6) is 0 Å². The maximum Gasteiger partial charge on any atom is 0.255 e. The van der Waals surface area contributed by atoms with E-state index in [1.165, 1.54) is 17.5 Å². The highest BCUT2D eigenvalue weighted by Gasteiger charge is 2.29. The fraction of sp³-hybridized carbons (Fsp3) is 0.364. The molecule has 1 atom stereocenters. The Labute approximate surface area is 172 Å². The Bertz CT molecular complexity index is 1190. The quantitative estimate of drug-likeness (QED) is 0.509. The van der Waals surface area contributed by atoms with Crippen LogP contribution in [0.3, 0.4) is 0 Å². The van der Waals surface area contributed by atoms with Gasteiger partial charge in [0.25, 0.3) is 5.91 Å². The molecule has 0 N–H and O–H groups in total. The highest BCUT2D eigenvalue weighted by atomic mass is 32.1. The molecule has 2 aliphatic rings. The molecule has 4 heterocycles. The average Bonchev–Trinajstić information content (AvgIpc) is 3.37. The minimum Gasteiger partial charge on any atom is -0.338 e. The first-order chi connectivity index (χ1) is 14.3. The van der Waals surface area contributed by atoms with Gasteiger partial charge in [-0.1, -0.05) is 12.1 Å². The van der Waals surface area contributed by atoms with Gasteiger partial charge < -0.3 is 9.47 Å². The summed E-state index contributed by atoms with van der Waals surface area (Å²) < 4.78 is 3.35. The third kappa shape index (κ3) is 3.00. The van der Waals surface area contributed by atoms with Crippen molar-refractivity contribution in [2.24, 2.45) is 0 Å². The number of amides is 1. The Morgan fingerprint density at radius 2 is 2.00 bits per heavy atom. The van der Waals surface area contributed by atoms with E-state index in [1.54, 1.807) is 17.5 Å². The van der Waals surface area contributed by atoms with Gasteiger partial charge in [-0.2, -0.15) is 0 Å². The standard InChI is InChI=1S/C22H21N5OS/c28-22(15-10-18-20(23-11-15)27(13-24-18)16-7-8-16)26-9-3-4-14(12-26)21-25-17-5-1-2-6-19(17)29-21/h1-2,5-6,10-11,13-14,16H,3-4,7-9,12H2. The van der Waals surface area contributed by atoms with Crippen LogP contribution in [0.25, 0.3) is 21.4 Å². The first-order valence-electron chi connectivity index (χ1n) is 10.2. The summed E-state index contributed by atoms with van der Waals surface area (Å²) in [5.74, 6) is 0.349. The highest BCUT2D eigenvalue weighted by molar-refractivity contribution is 7.18. The number of benzene rings is 1. The number of hydrogen-bond acceptors (Lipinski definition) is 5. The van der Waals surface area contributed by atoms with E-state index in [0.717, 1.165) is 41.1 Å². The molecular weight excluding hydrogens is 382 g/mol. The molecule has 1 saturated carbocycles. The normalized spacial score (nSPS) is 19.9. The summed E-state index contributed by atoms with van der Waals surface area (Å²) in [5, 5.41) is 1.14. The molecule has 146 valence electrons. The molecule has 1 saturated heterocycles. The number of pyridine rings is 1. The van der Waals surface area contributed by atoms with E-state index in [4.69, 9.17) is 4.98 Å². The van der Waals surface area contributed by atoms with Crippen molar-refractivity contribution in [2.75, 3.05) is 13.1 Å². The minimum absolute atomic E-state index is 0.0474. The largest absolute Gasteiger partial charge is 0.338 e. The van der Waals surface area contributed by atoms with Crippen molar-refractivity contribution in [3.63, 3.8) is 0 Å². The van der Waals surface area contributed by atoms with Crippen LogP contribution in [0.4, 0.5) is 0 Å². The molecule has 1 aliphatic heterocycles. The van der Waals surface area contributed by atoms with Gasteiger partial charge in [0.15, 0.2) is 5.65 Å². The predicted octanol–water partition coefficient (Wildman–Crippen LogP) is 4.40. The van der Waals surface area contributed by atoms with Crippen LogP contribution in [0, 0.1) is 0 Å². The van der Waals surface area contributed by atoms with Crippen LogP contribution < -0.4 is 0 Å². The molecule has 1 amide bonds. The van der Waals surface area contributed by atoms with Crippen molar-refractivity contribution in [3.8, 4) is 0 Å². The fourth-order valence-corrected chi connectivity index (χ4v) is 5.36. The number of piperidine rings is 1. The summed E-state index contributed by atoms with van der Waals surface area (Å²) in [6.45, 7) is 1.50. The Hall–Kier alpha value is -2.80. The Morgan fingerprint density at radius 1 is 1.10 bits per heavy atom. The van der Waals surface area contributed by atoms with Crippen LogP contribution in [-0.2, 0) is 0 Å². The molecule has 29 heavy (non-hydrogen) atoms. The summed E-state index contributed by atoms with van der Waals surface area (Å²) in [6.07, 6.45) is 8.02. The number of nitrogens with zero attached hydrogens (tertiary/aromatic N) is 5. The molecule has 4 aromatic rings. The smallest absolute Gasteiger partial charge is 0.255 e. The summed E-state index contributed by atoms with van der Waals surface area (Å²) in [4.78, 5) is 29.0. The average molecular weight is 404 g/mol. The van der Waals surface area contributed by atoms with Gasteiger partial charge in [0, 0.05) is 31.2 Å². The molecule has 1 unspecified atom stereocenters. The molecule has 6 nitrogen and oxygen atoms in total. The topological polar surface area (TPSA) is 63.9 Å². The second kappa shape index (κ2) is 6.62. The number of fused-ring (bicyclic) bond motifs is 2. The second-order valence-electron chi connectivity index (χ2n) is 8.06. The predicted molar refractivity (Wildman–Crippen MR) is 113 cm³/mol. The van der Waals surface area contributed by atoms with Crippen LogP contribution in [0.1, 0.15) is 53.0 Å². The van der Waals surface area contributed by atoms with Crippen LogP contribution in [-0.4, -0.2) is 43.4 Å². The highest BCUT2D eigenvalue weighted by Crippen LogP contribution is 2.37. The molecule has 0 bridgehead atoms. The van der Waals surface area contributed by atoms with Crippen LogP contribution in [0.15, 0.2) is 42.9 Å². The molecule has 3 aromatic heterocycles. The molecule has 1 aliphatic carbocycles. The molecule has 6 rings (SSSR count). The summed E-state index contributed by atoms with van der Waals surface area (Å²) in [5.41, 5.74) is 3.37. The van der Waals surface area contributed by atoms with Crippen LogP contribution >= 0.6 is 11.3 Å². The van der Waals surface area contributed by atoms with Gasteiger partial charge in [-0.05, 0) is 43.9 Å². The van der Waals surface area contributed by atoms with Crippen molar-refractivity contribution in [1.29, 1.82) is 0 Å². The van der Waals surface area contributed by atoms with E-state index in [1.807, 2.05) is 23.4 Å². The minimum atomic E-state index is 0.0474. The van der Waals surface area contributed by atoms with Gasteiger partial charge in [0.2, 0.25) is 0 Å². The van der Waals surface area contributed by atoms with Crippen molar-refractivity contribution < 1.29 is 4.79 Å². The zero-order valence-corrected chi connectivity index (χ0v) is 16.8. The van der Waals surface area contributed by atoms with Gasteiger partial charge in [0.05, 0.1) is 27.1 Å². The van der Waals surface area contributed by atoms with Gasteiger partial charge in [-0.15, -0.1) is 11.3 Å². The summed E-state index contributed by atoms with van der Waals surface area (Å²) in [6, 6.07) is 10.7. The van der Waals surface area contributed by atoms with Crippen molar-refractivity contribution in [1.82, 2.24) is 24.4 Å². The zero-order chi connectivity index (χ0) is 19.4. The number of rotatable bonds is 3. The van der Waals surface area contributed by atoms with Gasteiger partial charge >= 0.3 is 0 Å². The monoisotopic (exact) mass is 403 g/mol. The number of aromatic nitrogens is 4. The number of carbonyl (C=O) groups excluding carboxylic acids is 1. The third-order valence-electron chi connectivity index (χ3n) is 5.97. The SMILES string of the molecule is O=C(c1cnc2c(c1)ncn2C1CC1)N1CCCC(c2nc3ccccc3s2)C1. The van der Waals surface area contributed by atoms with E-state index in [0.29, 0.717) is 24.1 Å². The number of para-hydroxylation sites is 1. The first kappa shape index (κ1) is 17.1. The summed E-state index contributed by atoms with van der Waals surface area (Å²) in [7, 11) is 0. The summed E-state index contributed by atoms with van der Waals surface area (Å²) >= 11 is 1.75. The lowest BCUT2D eigenvalue weighted by molar-refractivity contribution is 0.0707. The first-order valence-corrected chi connectivity index (χ1v) is 11.1. The van der Waals surface area contributed by atoms with E-state index in [9.17, 15) is 4.79 Å². The molecule has 2 fully saturated rings. The van der Waals surface area contributed by atoms with Gasteiger partial charge in [-0.3, -0.25) is 4.79 Å². The van der Waals surface area contributed by atoms with Gasteiger partial charge in [-0.25, -0.2) is 15.0 Å². The number of hydrogen-bond donors (Lipinski definition) is 0. The fourth-order valence-electron chi connectivity index (χ4n) is 4.27. The van der Waals surface area contributed by atoms with Crippen molar-refractivity contribution in [2.45, 2.75) is 37.6 Å². The molecule has 0 radical (unpaired) electrons. The number of carbonyl (C=O) groups is 1. The lowest BCUT2D eigenvalue weighted by atomic mass is 9.98. The Morgan fingerprint density at radius 3 is 2.86 bits per heavy atom. The van der Waals surface area contributed by atoms with E-state index in [-0.39, 0.29) is 5.91 Å². The Balaban J connectivity index is 1.25. The molecular formula is C22H21N5OS. The van der Waals surface area contributed by atoms with Crippen LogP contribution in [0.2, 0.25) is 0 Å². The maximum absolute atomic E-state index is 13.2. The molecule has 7 heteroatoms. The third-order valence-corrected chi connectivity index (χ3v) is 7.17. The molecule has 1 aromatic carbocycles. The van der Waals surface area contributed by atoms with Gasteiger partial charge in [0.1, 0.15) is 5.52 Å². The van der Waals surface area contributed by atoms with E-state index in [2.05, 4.69) is 32.7 Å². The number of likely N-dealkylation sites (tertiary alicyclic amines) is 1. The van der Waals surface area contributed by atoms with Crippen molar-refractivity contribution >= 4 is 38.6 Å². The zero-order valence-electron chi connectivity index (χ0n) is 16.0. The second-order valence-corrected chi connectivity index (χ2v) is 9.12. The van der Waals surface area contributed by atoms with E-state index < -0.39 is 0 Å². The van der Waals surface area contributed by atoms with Crippen molar-refractivity contribution in [3.05, 3.63) is 53.4 Å². The Kier molecular flexibility index (Phi) is 3.90.